The first-order chi connectivity index (χ1) is 17.4. The van der Waals surface area contributed by atoms with Gasteiger partial charge in [-0.15, -0.1) is 11.8 Å². The van der Waals surface area contributed by atoms with Crippen LogP contribution in [0.15, 0.2) is 77.7 Å². The predicted molar refractivity (Wildman–Crippen MR) is 151 cm³/mol. The van der Waals surface area contributed by atoms with Gasteiger partial charge in [0.05, 0.1) is 0 Å². The number of benzene rings is 3. The molecule has 1 unspecified atom stereocenters. The Morgan fingerprint density at radius 3 is 2.25 bits per heavy atom. The normalized spacial score (nSPS) is 11.7. The van der Waals surface area contributed by atoms with Gasteiger partial charge in [-0.25, -0.2) is 0 Å². The second-order valence-corrected chi connectivity index (χ2v) is 10.6. The number of amides is 2. The molecule has 0 aliphatic heterocycles. The van der Waals surface area contributed by atoms with Gasteiger partial charge in [-0.3, -0.25) is 9.59 Å². The van der Waals surface area contributed by atoms with Crippen molar-refractivity contribution in [2.75, 3.05) is 12.3 Å². The molecule has 0 aliphatic carbocycles. The van der Waals surface area contributed by atoms with Crippen molar-refractivity contribution in [3.8, 4) is 0 Å². The summed E-state index contributed by atoms with van der Waals surface area (Å²) in [5.74, 6) is 0.310. The zero-order valence-electron chi connectivity index (χ0n) is 20.7. The standard InChI is InChI=1S/C29H32Cl2N2O2S/c1-3-17-32-29(35)27(19-22-8-5-4-6-9-22)33(20-24-25(30)10-7-11-26(24)31)28(34)16-18-36-23-14-12-21(2)13-15-23/h4-15,27H,3,16-20H2,1-2H3,(H,32,35). The summed E-state index contributed by atoms with van der Waals surface area (Å²) in [4.78, 5) is 29.8. The van der Waals surface area contributed by atoms with E-state index >= 15 is 0 Å². The second-order valence-electron chi connectivity index (χ2n) is 8.63. The van der Waals surface area contributed by atoms with E-state index < -0.39 is 6.04 Å². The van der Waals surface area contributed by atoms with E-state index in [0.717, 1.165) is 16.9 Å². The van der Waals surface area contributed by atoms with Crippen molar-refractivity contribution in [2.24, 2.45) is 0 Å². The van der Waals surface area contributed by atoms with Crippen LogP contribution in [0.3, 0.4) is 0 Å². The van der Waals surface area contributed by atoms with E-state index in [-0.39, 0.29) is 24.8 Å². The molecular weight excluding hydrogens is 511 g/mol. The van der Waals surface area contributed by atoms with Crippen LogP contribution in [0.2, 0.25) is 10.0 Å². The molecule has 0 radical (unpaired) electrons. The summed E-state index contributed by atoms with van der Waals surface area (Å²) in [6.45, 7) is 4.75. The molecule has 3 aromatic rings. The van der Waals surface area contributed by atoms with Gasteiger partial charge in [0, 0.05) is 52.2 Å². The van der Waals surface area contributed by atoms with Gasteiger partial charge in [0.25, 0.3) is 0 Å². The van der Waals surface area contributed by atoms with Crippen molar-refractivity contribution in [3.05, 3.63) is 99.5 Å². The molecule has 3 rings (SSSR count). The van der Waals surface area contributed by atoms with Gasteiger partial charge in [-0.2, -0.15) is 0 Å². The van der Waals surface area contributed by atoms with Crippen LogP contribution < -0.4 is 5.32 Å². The topological polar surface area (TPSA) is 49.4 Å². The number of hydrogen-bond donors (Lipinski definition) is 1. The monoisotopic (exact) mass is 542 g/mol. The molecule has 0 spiro atoms. The van der Waals surface area contributed by atoms with E-state index in [1.807, 2.05) is 44.2 Å². The molecule has 36 heavy (non-hydrogen) atoms. The molecular formula is C29H32Cl2N2O2S. The number of nitrogens with zero attached hydrogens (tertiary/aromatic N) is 1. The van der Waals surface area contributed by atoms with E-state index in [1.54, 1.807) is 34.9 Å². The molecule has 3 aromatic carbocycles. The van der Waals surface area contributed by atoms with Crippen LogP contribution in [0, 0.1) is 6.92 Å². The van der Waals surface area contributed by atoms with Gasteiger partial charge in [0.1, 0.15) is 6.04 Å². The van der Waals surface area contributed by atoms with Crippen LogP contribution in [0.1, 0.15) is 36.5 Å². The Balaban J connectivity index is 1.87. The molecule has 0 saturated heterocycles. The summed E-state index contributed by atoms with van der Waals surface area (Å²) < 4.78 is 0. The van der Waals surface area contributed by atoms with Crippen LogP contribution in [0.4, 0.5) is 0 Å². The van der Waals surface area contributed by atoms with Gasteiger partial charge in [-0.1, -0.05) is 84.2 Å². The Morgan fingerprint density at radius 1 is 0.944 bits per heavy atom. The first-order valence-corrected chi connectivity index (χ1v) is 13.9. The second kappa shape index (κ2) is 14.3. The van der Waals surface area contributed by atoms with Crippen molar-refractivity contribution in [1.29, 1.82) is 0 Å². The largest absolute Gasteiger partial charge is 0.354 e. The number of carbonyl (C=O) groups excluding carboxylic acids is 2. The molecule has 0 heterocycles. The fourth-order valence-electron chi connectivity index (χ4n) is 3.81. The van der Waals surface area contributed by atoms with Crippen LogP contribution in [-0.2, 0) is 22.6 Å². The number of halogens is 2. The molecule has 0 bridgehead atoms. The summed E-state index contributed by atoms with van der Waals surface area (Å²) in [5.41, 5.74) is 2.81. The molecule has 190 valence electrons. The highest BCUT2D eigenvalue weighted by atomic mass is 35.5. The van der Waals surface area contributed by atoms with Crippen molar-refractivity contribution in [3.63, 3.8) is 0 Å². The van der Waals surface area contributed by atoms with Gasteiger partial charge in [-0.05, 0) is 43.2 Å². The van der Waals surface area contributed by atoms with E-state index in [9.17, 15) is 9.59 Å². The van der Waals surface area contributed by atoms with Crippen LogP contribution >= 0.6 is 35.0 Å². The van der Waals surface area contributed by atoms with Crippen molar-refractivity contribution < 1.29 is 9.59 Å². The zero-order chi connectivity index (χ0) is 25.9. The fraction of sp³-hybridized carbons (Fsp3) is 0.310. The number of aryl methyl sites for hydroxylation is 1. The van der Waals surface area contributed by atoms with E-state index in [0.29, 0.717) is 34.3 Å². The minimum absolute atomic E-state index is 0.113. The number of rotatable bonds is 12. The Hall–Kier alpha value is -2.47. The third kappa shape index (κ3) is 8.29. The molecule has 4 nitrogen and oxygen atoms in total. The Bertz CT molecular complexity index is 1120. The minimum atomic E-state index is -0.692. The maximum Gasteiger partial charge on any atom is 0.243 e. The number of hydrogen-bond acceptors (Lipinski definition) is 3. The van der Waals surface area contributed by atoms with Crippen LogP contribution in [0.5, 0.6) is 0 Å². The molecule has 0 aliphatic rings. The highest BCUT2D eigenvalue weighted by Crippen LogP contribution is 2.28. The average Bonchev–Trinajstić information content (AvgIpc) is 2.88. The smallest absolute Gasteiger partial charge is 0.243 e. The number of carbonyl (C=O) groups is 2. The third-order valence-corrected chi connectivity index (χ3v) is 7.54. The predicted octanol–water partition coefficient (Wildman–Crippen LogP) is 6.95. The molecule has 1 atom stereocenters. The highest BCUT2D eigenvalue weighted by molar-refractivity contribution is 7.99. The molecule has 0 fully saturated rings. The summed E-state index contributed by atoms with van der Waals surface area (Å²) in [5, 5.41) is 3.93. The van der Waals surface area contributed by atoms with E-state index in [1.165, 1.54) is 5.56 Å². The summed E-state index contributed by atoms with van der Waals surface area (Å²) in [6, 6.07) is 22.6. The Kier molecular flexibility index (Phi) is 11.2. The lowest BCUT2D eigenvalue weighted by Crippen LogP contribution is -2.50. The zero-order valence-corrected chi connectivity index (χ0v) is 23.0. The summed E-state index contributed by atoms with van der Waals surface area (Å²) >= 11 is 14.6. The van der Waals surface area contributed by atoms with Crippen LogP contribution in [-0.4, -0.2) is 35.1 Å². The van der Waals surface area contributed by atoms with Crippen LogP contribution in [0.25, 0.3) is 0 Å². The molecule has 2 amide bonds. The van der Waals surface area contributed by atoms with Gasteiger partial charge in [0.2, 0.25) is 11.8 Å². The quantitative estimate of drug-likeness (QED) is 0.252. The van der Waals surface area contributed by atoms with Crippen molar-refractivity contribution in [1.82, 2.24) is 10.2 Å². The lowest BCUT2D eigenvalue weighted by atomic mass is 10.0. The molecule has 7 heteroatoms. The van der Waals surface area contributed by atoms with E-state index in [2.05, 4.69) is 29.6 Å². The first-order valence-electron chi connectivity index (χ1n) is 12.1. The lowest BCUT2D eigenvalue weighted by molar-refractivity contribution is -0.141. The fourth-order valence-corrected chi connectivity index (χ4v) is 5.17. The average molecular weight is 544 g/mol. The summed E-state index contributed by atoms with van der Waals surface area (Å²) in [7, 11) is 0. The maximum atomic E-state index is 13.7. The number of nitrogens with one attached hydrogen (secondary N) is 1. The maximum absolute atomic E-state index is 13.7. The van der Waals surface area contributed by atoms with E-state index in [4.69, 9.17) is 23.2 Å². The Labute approximate surface area is 228 Å². The molecule has 0 saturated carbocycles. The highest BCUT2D eigenvalue weighted by Gasteiger charge is 2.31. The minimum Gasteiger partial charge on any atom is -0.354 e. The van der Waals surface area contributed by atoms with Gasteiger partial charge < -0.3 is 10.2 Å². The summed E-state index contributed by atoms with van der Waals surface area (Å²) in [6.07, 6.45) is 1.49. The van der Waals surface area contributed by atoms with Crippen molar-refractivity contribution in [2.45, 2.75) is 50.6 Å². The molecule has 1 N–H and O–H groups in total. The SMILES string of the molecule is CCCNC(=O)C(Cc1ccccc1)N(Cc1c(Cl)cccc1Cl)C(=O)CCSc1ccc(C)cc1. The number of thioether (sulfide) groups is 1. The Morgan fingerprint density at radius 2 is 1.61 bits per heavy atom. The lowest BCUT2D eigenvalue weighted by Gasteiger charge is -2.32. The molecule has 0 aromatic heterocycles. The first kappa shape index (κ1) is 28.1. The third-order valence-electron chi connectivity index (χ3n) is 5.82. The van der Waals surface area contributed by atoms with Gasteiger partial charge >= 0.3 is 0 Å². The van der Waals surface area contributed by atoms with Crippen molar-refractivity contribution >= 4 is 46.8 Å². The van der Waals surface area contributed by atoms with Gasteiger partial charge in [0.15, 0.2) is 0 Å².